The van der Waals surface area contributed by atoms with E-state index in [-0.39, 0.29) is 30.9 Å². The monoisotopic (exact) mass is 466 g/mol. The van der Waals surface area contributed by atoms with E-state index in [1.54, 1.807) is 0 Å². The number of carbonyl (C=O) groups is 2. The van der Waals surface area contributed by atoms with Crippen molar-refractivity contribution >= 4 is 11.9 Å². The zero-order chi connectivity index (χ0) is 24.4. The summed E-state index contributed by atoms with van der Waals surface area (Å²) in [7, 11) is 0. The van der Waals surface area contributed by atoms with Crippen molar-refractivity contribution in [2.45, 2.75) is 156 Å². The van der Waals surface area contributed by atoms with Crippen LogP contribution in [0.15, 0.2) is 0 Å². The van der Waals surface area contributed by atoms with E-state index in [1.165, 1.54) is 70.6 Å². The Balaban J connectivity index is 1.89. The molecule has 4 nitrogen and oxygen atoms in total. The average Bonchev–Trinajstić information content (AvgIpc) is 2.77. The molecule has 0 amide bonds. The first-order valence-electron chi connectivity index (χ1n) is 14.2. The Kier molecular flexibility index (Phi) is 16.6. The van der Waals surface area contributed by atoms with Crippen molar-refractivity contribution in [1.82, 2.24) is 0 Å². The Bertz CT molecular complexity index is 500. The second kappa shape index (κ2) is 18.3. The minimum absolute atomic E-state index is 0.0258. The number of rotatable bonds is 18. The molecule has 1 saturated carbocycles. The maximum Gasteiger partial charge on any atom is 0.306 e. The van der Waals surface area contributed by atoms with Crippen LogP contribution in [0.4, 0.5) is 0 Å². The van der Waals surface area contributed by atoms with Gasteiger partial charge in [0.25, 0.3) is 0 Å². The van der Waals surface area contributed by atoms with Crippen LogP contribution in [0.1, 0.15) is 150 Å². The van der Waals surface area contributed by atoms with Gasteiger partial charge < -0.3 is 9.47 Å². The summed E-state index contributed by atoms with van der Waals surface area (Å²) in [6.07, 6.45) is 21.3. The Labute approximate surface area is 205 Å². The molecular formula is C29H54O4. The van der Waals surface area contributed by atoms with Gasteiger partial charge in [-0.2, -0.15) is 0 Å². The molecule has 0 aromatic rings. The highest BCUT2D eigenvalue weighted by Crippen LogP contribution is 2.38. The topological polar surface area (TPSA) is 52.6 Å². The van der Waals surface area contributed by atoms with E-state index < -0.39 is 0 Å². The molecule has 0 atom stereocenters. The quantitative estimate of drug-likeness (QED) is 0.150. The van der Waals surface area contributed by atoms with E-state index in [1.807, 2.05) is 0 Å². The SMILES string of the molecule is CCCCCCCCCCCCCCCOC(=O)CCC(=O)OC1CCC(C(C)(C)C)CC1. The van der Waals surface area contributed by atoms with Gasteiger partial charge in [-0.05, 0) is 43.4 Å². The van der Waals surface area contributed by atoms with Gasteiger partial charge in [-0.3, -0.25) is 9.59 Å². The molecule has 0 heterocycles. The molecule has 194 valence electrons. The van der Waals surface area contributed by atoms with Crippen molar-refractivity contribution in [3.63, 3.8) is 0 Å². The molecule has 1 rings (SSSR count). The van der Waals surface area contributed by atoms with Gasteiger partial charge >= 0.3 is 11.9 Å². The van der Waals surface area contributed by atoms with Gasteiger partial charge in [0.1, 0.15) is 6.10 Å². The molecule has 33 heavy (non-hydrogen) atoms. The minimum Gasteiger partial charge on any atom is -0.466 e. The highest BCUT2D eigenvalue weighted by molar-refractivity contribution is 5.77. The van der Waals surface area contributed by atoms with E-state index in [9.17, 15) is 9.59 Å². The van der Waals surface area contributed by atoms with E-state index in [4.69, 9.17) is 9.47 Å². The maximum atomic E-state index is 12.1. The van der Waals surface area contributed by atoms with Crippen LogP contribution in [0.5, 0.6) is 0 Å². The van der Waals surface area contributed by atoms with E-state index >= 15 is 0 Å². The molecule has 1 aliphatic rings. The van der Waals surface area contributed by atoms with Crippen molar-refractivity contribution in [1.29, 1.82) is 0 Å². The van der Waals surface area contributed by atoms with E-state index in [0.717, 1.165) is 38.5 Å². The first kappa shape index (κ1) is 30.0. The lowest BCUT2D eigenvalue weighted by Crippen LogP contribution is -2.30. The summed E-state index contributed by atoms with van der Waals surface area (Å²) in [5, 5.41) is 0. The van der Waals surface area contributed by atoms with Gasteiger partial charge in [-0.1, -0.05) is 105 Å². The van der Waals surface area contributed by atoms with Crippen molar-refractivity contribution in [2.24, 2.45) is 11.3 Å². The van der Waals surface area contributed by atoms with Crippen LogP contribution < -0.4 is 0 Å². The summed E-state index contributed by atoms with van der Waals surface area (Å²) in [5.41, 5.74) is 0.325. The molecule has 4 heteroatoms. The molecule has 0 bridgehead atoms. The molecule has 0 radical (unpaired) electrons. The fourth-order valence-corrected chi connectivity index (χ4v) is 4.87. The largest absolute Gasteiger partial charge is 0.466 e. The van der Waals surface area contributed by atoms with Crippen LogP contribution in [-0.2, 0) is 19.1 Å². The highest BCUT2D eigenvalue weighted by atomic mass is 16.5. The van der Waals surface area contributed by atoms with Crippen LogP contribution in [-0.4, -0.2) is 24.6 Å². The lowest BCUT2D eigenvalue weighted by atomic mass is 9.72. The summed E-state index contributed by atoms with van der Waals surface area (Å²) in [6.45, 7) is 9.60. The normalized spacial score (nSPS) is 18.8. The van der Waals surface area contributed by atoms with Crippen molar-refractivity contribution < 1.29 is 19.1 Å². The Morgan fingerprint density at radius 2 is 1.12 bits per heavy atom. The molecule has 0 N–H and O–H groups in total. The van der Waals surface area contributed by atoms with Crippen LogP contribution in [0.3, 0.4) is 0 Å². The fourth-order valence-electron chi connectivity index (χ4n) is 4.87. The third kappa shape index (κ3) is 16.2. The van der Waals surface area contributed by atoms with Gasteiger partial charge in [-0.25, -0.2) is 0 Å². The number of unbranched alkanes of at least 4 members (excludes halogenated alkanes) is 12. The predicted molar refractivity (Wildman–Crippen MR) is 137 cm³/mol. The third-order valence-corrected chi connectivity index (χ3v) is 7.24. The second-order valence-electron chi connectivity index (χ2n) is 11.3. The number of esters is 2. The summed E-state index contributed by atoms with van der Waals surface area (Å²) in [4.78, 5) is 23.9. The second-order valence-corrected chi connectivity index (χ2v) is 11.3. The van der Waals surface area contributed by atoms with Crippen molar-refractivity contribution in [3.05, 3.63) is 0 Å². The zero-order valence-electron chi connectivity index (χ0n) is 22.4. The standard InChI is InChI=1S/C29H54O4/c1-5-6-7-8-9-10-11-12-13-14-15-16-17-24-32-27(30)22-23-28(31)33-26-20-18-25(19-21-26)29(2,3)4/h25-26H,5-24H2,1-4H3. The van der Waals surface area contributed by atoms with Gasteiger partial charge in [-0.15, -0.1) is 0 Å². The summed E-state index contributed by atoms with van der Waals surface area (Å²) >= 11 is 0. The van der Waals surface area contributed by atoms with Crippen molar-refractivity contribution in [2.75, 3.05) is 6.61 Å². The zero-order valence-corrected chi connectivity index (χ0v) is 22.4. The molecule has 0 unspecified atom stereocenters. The van der Waals surface area contributed by atoms with Gasteiger partial charge in [0, 0.05) is 0 Å². The van der Waals surface area contributed by atoms with Crippen molar-refractivity contribution in [3.8, 4) is 0 Å². The molecule has 0 spiro atoms. The number of carbonyl (C=O) groups excluding carboxylic acids is 2. The van der Waals surface area contributed by atoms with Crippen LogP contribution in [0, 0.1) is 11.3 Å². The molecule has 0 aromatic carbocycles. The highest BCUT2D eigenvalue weighted by Gasteiger charge is 2.31. The Hall–Kier alpha value is -1.06. The van der Waals surface area contributed by atoms with Crippen LogP contribution in [0.2, 0.25) is 0 Å². The number of hydrogen-bond donors (Lipinski definition) is 0. The first-order chi connectivity index (χ1) is 15.8. The van der Waals surface area contributed by atoms with Crippen LogP contribution in [0.25, 0.3) is 0 Å². The van der Waals surface area contributed by atoms with Crippen LogP contribution >= 0.6 is 0 Å². The molecule has 0 aliphatic heterocycles. The Morgan fingerprint density at radius 1 is 0.667 bits per heavy atom. The average molecular weight is 467 g/mol. The van der Waals surface area contributed by atoms with Gasteiger partial charge in [0.2, 0.25) is 0 Å². The van der Waals surface area contributed by atoms with E-state index in [0.29, 0.717) is 17.9 Å². The fraction of sp³-hybridized carbons (Fsp3) is 0.931. The van der Waals surface area contributed by atoms with E-state index in [2.05, 4.69) is 27.7 Å². The number of hydrogen-bond acceptors (Lipinski definition) is 4. The Morgan fingerprint density at radius 3 is 1.61 bits per heavy atom. The molecule has 0 saturated heterocycles. The molecule has 1 fully saturated rings. The first-order valence-corrected chi connectivity index (χ1v) is 14.2. The molecular weight excluding hydrogens is 412 g/mol. The third-order valence-electron chi connectivity index (χ3n) is 7.24. The molecule has 1 aliphatic carbocycles. The predicted octanol–water partition coefficient (Wildman–Crippen LogP) is 8.55. The summed E-state index contributed by atoms with van der Waals surface area (Å²) in [6, 6.07) is 0. The minimum atomic E-state index is -0.276. The summed E-state index contributed by atoms with van der Waals surface area (Å²) in [5.74, 6) is 0.169. The number of ether oxygens (including phenoxy) is 2. The van der Waals surface area contributed by atoms with Gasteiger partial charge in [0.05, 0.1) is 19.4 Å². The van der Waals surface area contributed by atoms with Gasteiger partial charge in [0.15, 0.2) is 0 Å². The molecule has 0 aromatic heterocycles. The smallest absolute Gasteiger partial charge is 0.306 e. The lowest BCUT2D eigenvalue weighted by molar-refractivity contribution is -0.155. The lowest BCUT2D eigenvalue weighted by Gasteiger charge is -2.36. The maximum absolute atomic E-state index is 12.1. The summed E-state index contributed by atoms with van der Waals surface area (Å²) < 4.78 is 10.9.